The zero-order valence-corrected chi connectivity index (χ0v) is 13.9. The van der Waals surface area contributed by atoms with Crippen LogP contribution in [0.3, 0.4) is 0 Å². The largest absolute Gasteiger partial charge is 0.497 e. The highest BCUT2D eigenvalue weighted by molar-refractivity contribution is 5.94. The minimum atomic E-state index is -0.637. The Morgan fingerprint density at radius 2 is 2.12 bits per heavy atom. The lowest BCUT2D eigenvalue weighted by atomic mass is 10.0. The summed E-state index contributed by atoms with van der Waals surface area (Å²) < 4.78 is 19.1. The number of rotatable bonds is 4. The minimum Gasteiger partial charge on any atom is -0.497 e. The van der Waals surface area contributed by atoms with Gasteiger partial charge >= 0.3 is 0 Å². The Morgan fingerprint density at radius 3 is 2.80 bits per heavy atom. The third kappa shape index (κ3) is 3.50. The molecule has 132 valence electrons. The fourth-order valence-electron chi connectivity index (χ4n) is 3.18. The molecule has 1 aliphatic heterocycles. The first kappa shape index (κ1) is 17.4. The molecule has 1 fully saturated rings. The molecule has 0 aliphatic carbocycles. The monoisotopic (exact) mass is 345 g/mol. The van der Waals surface area contributed by atoms with E-state index in [2.05, 4.69) is 0 Å². The molecule has 2 aromatic carbocycles. The van der Waals surface area contributed by atoms with Gasteiger partial charge in [-0.1, -0.05) is 18.2 Å². The SMILES string of the molecule is COc1cccc([C@H]2C[C@@H](O)CN2C(=O)c2ccc(CO)c(F)c2)c1. The van der Waals surface area contributed by atoms with Crippen molar-refractivity contribution in [2.24, 2.45) is 0 Å². The van der Waals surface area contributed by atoms with Gasteiger partial charge in [0.05, 0.1) is 25.9 Å². The number of ether oxygens (including phenoxy) is 1. The van der Waals surface area contributed by atoms with Crippen LogP contribution >= 0.6 is 0 Å². The Kier molecular flexibility index (Phi) is 5.01. The molecule has 2 atom stereocenters. The lowest BCUT2D eigenvalue weighted by Crippen LogP contribution is -2.31. The van der Waals surface area contributed by atoms with Crippen molar-refractivity contribution in [3.05, 3.63) is 65.0 Å². The van der Waals surface area contributed by atoms with Gasteiger partial charge in [0, 0.05) is 17.7 Å². The van der Waals surface area contributed by atoms with Crippen molar-refractivity contribution in [2.75, 3.05) is 13.7 Å². The molecule has 2 aromatic rings. The summed E-state index contributed by atoms with van der Waals surface area (Å²) in [6.07, 6.45) is -0.224. The Bertz CT molecular complexity index is 780. The molecule has 2 N–H and O–H groups in total. The van der Waals surface area contributed by atoms with Crippen molar-refractivity contribution in [3.8, 4) is 5.75 Å². The van der Waals surface area contributed by atoms with Gasteiger partial charge in [-0.15, -0.1) is 0 Å². The summed E-state index contributed by atoms with van der Waals surface area (Å²) in [6, 6.07) is 11.1. The molecule has 25 heavy (non-hydrogen) atoms. The second-order valence-corrected chi connectivity index (χ2v) is 6.10. The minimum absolute atomic E-state index is 0.141. The van der Waals surface area contributed by atoms with E-state index in [0.29, 0.717) is 12.2 Å². The number of amides is 1. The van der Waals surface area contributed by atoms with E-state index in [1.165, 1.54) is 12.1 Å². The van der Waals surface area contributed by atoms with Crippen LogP contribution in [0.1, 0.15) is 33.9 Å². The molecule has 5 nitrogen and oxygen atoms in total. The van der Waals surface area contributed by atoms with Crippen molar-refractivity contribution in [1.82, 2.24) is 4.90 Å². The quantitative estimate of drug-likeness (QED) is 0.892. The Balaban J connectivity index is 1.90. The zero-order chi connectivity index (χ0) is 18.0. The first-order valence-electron chi connectivity index (χ1n) is 8.05. The summed E-state index contributed by atoms with van der Waals surface area (Å²) >= 11 is 0. The second kappa shape index (κ2) is 7.21. The van der Waals surface area contributed by atoms with Gasteiger partial charge < -0.3 is 19.8 Å². The molecule has 0 spiro atoms. The number of aliphatic hydroxyl groups is 2. The Hall–Kier alpha value is -2.44. The van der Waals surface area contributed by atoms with Gasteiger partial charge in [0.1, 0.15) is 11.6 Å². The number of benzene rings is 2. The van der Waals surface area contributed by atoms with Crippen molar-refractivity contribution in [1.29, 1.82) is 0 Å². The number of nitrogens with zero attached hydrogens (tertiary/aromatic N) is 1. The molecule has 0 radical (unpaired) electrons. The number of hydrogen-bond donors (Lipinski definition) is 2. The van der Waals surface area contributed by atoms with Crippen LogP contribution in [0, 0.1) is 5.82 Å². The predicted octanol–water partition coefficient (Wildman–Crippen LogP) is 2.27. The van der Waals surface area contributed by atoms with Gasteiger partial charge in [0.25, 0.3) is 5.91 Å². The molecular weight excluding hydrogens is 325 g/mol. The van der Waals surface area contributed by atoms with E-state index in [9.17, 15) is 14.3 Å². The summed E-state index contributed by atoms with van der Waals surface area (Å²) in [6.45, 7) is -0.237. The van der Waals surface area contributed by atoms with E-state index >= 15 is 0 Å². The standard InChI is InChI=1S/C19H20FNO4/c1-25-16-4-2-3-12(7-16)18-9-15(23)10-21(18)19(24)13-5-6-14(11-22)17(20)8-13/h2-8,15,18,22-23H,9-11H2,1H3/t15-,18-/m1/s1. The van der Waals surface area contributed by atoms with Crippen LogP contribution in [0.15, 0.2) is 42.5 Å². The highest BCUT2D eigenvalue weighted by Gasteiger charge is 2.36. The number of likely N-dealkylation sites (tertiary alicyclic amines) is 1. The molecule has 1 aliphatic rings. The highest BCUT2D eigenvalue weighted by Crippen LogP contribution is 2.34. The van der Waals surface area contributed by atoms with Gasteiger partial charge in [0.15, 0.2) is 0 Å². The lowest BCUT2D eigenvalue weighted by Gasteiger charge is -2.25. The molecule has 3 rings (SSSR count). The van der Waals surface area contributed by atoms with Crippen LogP contribution in [-0.2, 0) is 6.61 Å². The molecule has 0 saturated carbocycles. The van der Waals surface area contributed by atoms with Crippen molar-refractivity contribution in [3.63, 3.8) is 0 Å². The fraction of sp³-hybridized carbons (Fsp3) is 0.316. The average Bonchev–Trinajstić information content (AvgIpc) is 3.02. The number of halogens is 1. The Morgan fingerprint density at radius 1 is 1.32 bits per heavy atom. The predicted molar refractivity (Wildman–Crippen MR) is 89.7 cm³/mol. The number of methoxy groups -OCH3 is 1. The smallest absolute Gasteiger partial charge is 0.254 e. The van der Waals surface area contributed by atoms with Crippen LogP contribution in [0.25, 0.3) is 0 Å². The average molecular weight is 345 g/mol. The fourth-order valence-corrected chi connectivity index (χ4v) is 3.18. The molecule has 0 bridgehead atoms. The van der Waals surface area contributed by atoms with E-state index < -0.39 is 18.5 Å². The third-order valence-electron chi connectivity index (χ3n) is 4.49. The molecular formula is C19H20FNO4. The molecule has 6 heteroatoms. The molecule has 1 saturated heterocycles. The van der Waals surface area contributed by atoms with Crippen LogP contribution < -0.4 is 4.74 Å². The van der Waals surface area contributed by atoms with E-state index in [4.69, 9.17) is 9.84 Å². The maximum atomic E-state index is 13.9. The maximum absolute atomic E-state index is 13.9. The van der Waals surface area contributed by atoms with Gasteiger partial charge in [0.2, 0.25) is 0 Å². The summed E-state index contributed by atoms with van der Waals surface area (Å²) in [5, 5.41) is 19.1. The summed E-state index contributed by atoms with van der Waals surface area (Å²) in [5.41, 5.74) is 1.19. The first-order valence-corrected chi connectivity index (χ1v) is 8.05. The first-order chi connectivity index (χ1) is 12.0. The van der Waals surface area contributed by atoms with Gasteiger partial charge in [-0.05, 0) is 36.2 Å². The Labute approximate surface area is 145 Å². The summed E-state index contributed by atoms with van der Waals surface area (Å²) in [5.74, 6) is -0.302. The van der Waals surface area contributed by atoms with E-state index in [-0.39, 0.29) is 29.6 Å². The third-order valence-corrected chi connectivity index (χ3v) is 4.49. The summed E-state index contributed by atoms with van der Waals surface area (Å²) in [7, 11) is 1.57. The summed E-state index contributed by atoms with van der Waals surface area (Å²) in [4.78, 5) is 14.4. The maximum Gasteiger partial charge on any atom is 0.254 e. The van der Waals surface area contributed by atoms with Gasteiger partial charge in [-0.3, -0.25) is 4.79 Å². The van der Waals surface area contributed by atoms with Crippen molar-refractivity contribution >= 4 is 5.91 Å². The number of carbonyl (C=O) groups is 1. The van der Waals surface area contributed by atoms with E-state index in [1.807, 2.05) is 24.3 Å². The number of carbonyl (C=O) groups excluding carboxylic acids is 1. The van der Waals surface area contributed by atoms with Crippen molar-refractivity contribution < 1.29 is 24.1 Å². The molecule has 1 heterocycles. The van der Waals surface area contributed by atoms with Crippen LogP contribution in [0.2, 0.25) is 0 Å². The zero-order valence-electron chi connectivity index (χ0n) is 13.9. The number of aliphatic hydroxyl groups excluding tert-OH is 2. The highest BCUT2D eigenvalue weighted by atomic mass is 19.1. The van der Waals surface area contributed by atoms with E-state index in [1.54, 1.807) is 12.0 Å². The van der Waals surface area contributed by atoms with Crippen LogP contribution in [0.5, 0.6) is 5.75 Å². The number of β-amino-alcohol motifs (C(OH)–C–C–N with tert-alkyl or cyclic N) is 1. The normalized spacial score (nSPS) is 19.9. The van der Waals surface area contributed by atoms with Crippen LogP contribution in [-0.4, -0.2) is 40.8 Å². The van der Waals surface area contributed by atoms with Crippen molar-refractivity contribution in [2.45, 2.75) is 25.2 Å². The second-order valence-electron chi connectivity index (χ2n) is 6.10. The molecule has 0 aromatic heterocycles. The van der Waals surface area contributed by atoms with Gasteiger partial charge in [-0.2, -0.15) is 0 Å². The van der Waals surface area contributed by atoms with Crippen LogP contribution in [0.4, 0.5) is 4.39 Å². The molecule has 1 amide bonds. The molecule has 0 unspecified atom stereocenters. The van der Waals surface area contributed by atoms with Gasteiger partial charge in [-0.25, -0.2) is 4.39 Å². The van der Waals surface area contributed by atoms with E-state index in [0.717, 1.165) is 11.6 Å². The lowest BCUT2D eigenvalue weighted by molar-refractivity contribution is 0.0715. The number of hydrogen-bond acceptors (Lipinski definition) is 4. The topological polar surface area (TPSA) is 70.0 Å².